The summed E-state index contributed by atoms with van der Waals surface area (Å²) >= 11 is 0. The summed E-state index contributed by atoms with van der Waals surface area (Å²) in [7, 11) is 3.11. The van der Waals surface area contributed by atoms with Gasteiger partial charge >= 0.3 is 6.16 Å². The summed E-state index contributed by atoms with van der Waals surface area (Å²) in [5, 5.41) is 0. The predicted molar refractivity (Wildman–Crippen MR) is 80.6 cm³/mol. The molecule has 0 saturated heterocycles. The highest BCUT2D eigenvalue weighted by molar-refractivity contribution is 5.59. The highest BCUT2D eigenvalue weighted by Gasteiger charge is 2.12. The zero-order valence-electron chi connectivity index (χ0n) is 14.2. The first-order chi connectivity index (χ1) is 10.7. The lowest BCUT2D eigenvalue weighted by Crippen LogP contribution is -2.21. The zero-order valence-corrected chi connectivity index (χ0v) is 14.2. The van der Waals surface area contributed by atoms with Gasteiger partial charge in [-0.25, -0.2) is 4.79 Å². The van der Waals surface area contributed by atoms with Crippen molar-refractivity contribution in [1.29, 1.82) is 0 Å². The quantitative estimate of drug-likeness (QED) is 0.359. The van der Waals surface area contributed by atoms with Gasteiger partial charge in [-0.1, -0.05) is 13.8 Å². The monoisotopic (exact) mass is 322 g/mol. The second kappa shape index (κ2) is 15.0. The first-order valence-corrected chi connectivity index (χ1v) is 7.76. The van der Waals surface area contributed by atoms with E-state index in [-0.39, 0.29) is 25.8 Å². The van der Waals surface area contributed by atoms with Crippen molar-refractivity contribution in [3.05, 3.63) is 0 Å². The van der Waals surface area contributed by atoms with E-state index in [0.29, 0.717) is 26.1 Å². The van der Waals surface area contributed by atoms with Crippen molar-refractivity contribution < 1.29 is 33.2 Å². The molecule has 0 bridgehead atoms. The minimum atomic E-state index is -0.712. The summed E-state index contributed by atoms with van der Waals surface area (Å²) in [5.74, 6) is 0. The molecule has 0 aliphatic carbocycles. The molecule has 0 aromatic heterocycles. The van der Waals surface area contributed by atoms with Gasteiger partial charge < -0.3 is 28.4 Å². The van der Waals surface area contributed by atoms with Gasteiger partial charge in [-0.3, -0.25) is 0 Å². The number of carbonyl (C=O) groups is 1. The minimum Gasteiger partial charge on any atom is -0.434 e. The Balaban J connectivity index is 3.67. The van der Waals surface area contributed by atoms with Crippen molar-refractivity contribution in [1.82, 2.24) is 0 Å². The fourth-order valence-corrected chi connectivity index (χ4v) is 1.56. The summed E-state index contributed by atoms with van der Waals surface area (Å²) in [5.41, 5.74) is 0. The Hall–Kier alpha value is -0.890. The largest absolute Gasteiger partial charge is 0.508 e. The van der Waals surface area contributed by atoms with Crippen molar-refractivity contribution in [2.75, 3.05) is 40.6 Å². The zero-order chi connectivity index (χ0) is 16.6. The lowest BCUT2D eigenvalue weighted by atomic mass is 10.4. The van der Waals surface area contributed by atoms with E-state index in [2.05, 4.69) is 0 Å². The molecule has 7 nitrogen and oxygen atoms in total. The Bertz CT molecular complexity index is 236. The lowest BCUT2D eigenvalue weighted by molar-refractivity contribution is -0.136. The van der Waals surface area contributed by atoms with Crippen molar-refractivity contribution >= 4 is 6.16 Å². The molecule has 0 N–H and O–H groups in total. The van der Waals surface area contributed by atoms with E-state index in [1.165, 1.54) is 0 Å². The van der Waals surface area contributed by atoms with E-state index < -0.39 is 6.16 Å². The molecule has 0 fully saturated rings. The van der Waals surface area contributed by atoms with Crippen LogP contribution in [-0.4, -0.2) is 59.4 Å². The molecule has 0 heterocycles. The van der Waals surface area contributed by atoms with Crippen molar-refractivity contribution in [3.8, 4) is 0 Å². The van der Waals surface area contributed by atoms with Crippen LogP contribution in [0.25, 0.3) is 0 Å². The van der Waals surface area contributed by atoms with Crippen LogP contribution in [0.2, 0.25) is 0 Å². The van der Waals surface area contributed by atoms with Gasteiger partial charge in [0.15, 0.2) is 12.6 Å². The fraction of sp³-hybridized carbons (Fsp3) is 0.933. The van der Waals surface area contributed by atoms with Crippen molar-refractivity contribution in [2.24, 2.45) is 0 Å². The third-order valence-electron chi connectivity index (χ3n) is 2.69. The molecular weight excluding hydrogens is 292 g/mol. The van der Waals surface area contributed by atoms with Crippen LogP contribution in [0.15, 0.2) is 0 Å². The van der Waals surface area contributed by atoms with Crippen LogP contribution in [0.1, 0.15) is 39.5 Å². The Morgan fingerprint density at radius 2 is 1.18 bits per heavy atom. The maximum atomic E-state index is 11.4. The van der Waals surface area contributed by atoms with E-state index in [1.54, 1.807) is 14.2 Å². The van der Waals surface area contributed by atoms with Crippen LogP contribution in [0, 0.1) is 0 Å². The number of hydrogen-bond acceptors (Lipinski definition) is 7. The molecule has 0 aromatic carbocycles. The molecule has 0 amide bonds. The Labute approximate surface area is 133 Å². The number of rotatable bonds is 14. The van der Waals surface area contributed by atoms with Crippen molar-refractivity contribution in [2.45, 2.75) is 52.1 Å². The van der Waals surface area contributed by atoms with Crippen molar-refractivity contribution in [3.63, 3.8) is 0 Å². The Kier molecular flexibility index (Phi) is 14.4. The Morgan fingerprint density at radius 3 is 1.50 bits per heavy atom. The first kappa shape index (κ1) is 21.1. The van der Waals surface area contributed by atoms with Crippen LogP contribution in [0.5, 0.6) is 0 Å². The molecule has 2 unspecified atom stereocenters. The second-order valence-electron chi connectivity index (χ2n) is 4.60. The molecule has 0 radical (unpaired) electrons. The molecule has 0 aliphatic rings. The van der Waals surface area contributed by atoms with Crippen LogP contribution in [-0.2, 0) is 28.4 Å². The smallest absolute Gasteiger partial charge is 0.434 e. The molecule has 0 spiro atoms. The SMILES string of the molecule is CCCOC(CCOC(=O)OCCC(OC)OCCC)OC. The van der Waals surface area contributed by atoms with E-state index in [9.17, 15) is 4.79 Å². The number of hydrogen-bond donors (Lipinski definition) is 0. The highest BCUT2D eigenvalue weighted by atomic mass is 16.7. The molecule has 2 atom stereocenters. The van der Waals surface area contributed by atoms with Gasteiger partial charge in [-0.05, 0) is 12.8 Å². The summed E-state index contributed by atoms with van der Waals surface area (Å²) in [6.45, 7) is 5.61. The van der Waals surface area contributed by atoms with E-state index in [4.69, 9.17) is 28.4 Å². The highest BCUT2D eigenvalue weighted by Crippen LogP contribution is 2.04. The van der Waals surface area contributed by atoms with Gasteiger partial charge in [0.2, 0.25) is 0 Å². The molecule has 7 heteroatoms. The predicted octanol–water partition coefficient (Wildman–Crippen LogP) is 2.72. The molecule has 0 rings (SSSR count). The van der Waals surface area contributed by atoms with Crippen LogP contribution in [0.4, 0.5) is 4.79 Å². The molecular formula is C15H30O7. The van der Waals surface area contributed by atoms with Gasteiger partial charge in [0.1, 0.15) is 0 Å². The van der Waals surface area contributed by atoms with Crippen LogP contribution in [0.3, 0.4) is 0 Å². The van der Waals surface area contributed by atoms with Crippen LogP contribution >= 0.6 is 0 Å². The molecule has 0 saturated carbocycles. The second-order valence-corrected chi connectivity index (χ2v) is 4.60. The average molecular weight is 322 g/mol. The molecule has 132 valence electrons. The molecule has 0 aromatic rings. The van der Waals surface area contributed by atoms with E-state index in [0.717, 1.165) is 12.8 Å². The van der Waals surface area contributed by atoms with Gasteiger partial charge in [0.25, 0.3) is 0 Å². The van der Waals surface area contributed by atoms with Gasteiger partial charge in [0, 0.05) is 40.3 Å². The lowest BCUT2D eigenvalue weighted by Gasteiger charge is -2.16. The number of ether oxygens (including phenoxy) is 6. The molecule has 0 aliphatic heterocycles. The molecule has 22 heavy (non-hydrogen) atoms. The third kappa shape index (κ3) is 11.7. The summed E-state index contributed by atoms with van der Waals surface area (Å²) in [4.78, 5) is 11.4. The maximum absolute atomic E-state index is 11.4. The maximum Gasteiger partial charge on any atom is 0.508 e. The summed E-state index contributed by atoms with van der Waals surface area (Å²) in [6.07, 6.45) is 1.29. The third-order valence-corrected chi connectivity index (χ3v) is 2.69. The fourth-order valence-electron chi connectivity index (χ4n) is 1.56. The van der Waals surface area contributed by atoms with Gasteiger partial charge in [-0.2, -0.15) is 0 Å². The summed E-state index contributed by atoms with van der Waals surface area (Å²) in [6, 6.07) is 0. The van der Waals surface area contributed by atoms with E-state index in [1.807, 2.05) is 13.8 Å². The van der Waals surface area contributed by atoms with Crippen LogP contribution < -0.4 is 0 Å². The standard InChI is InChI=1S/C15H30O7/c1-5-9-19-13(17-3)7-11-21-15(16)22-12-8-14(18-4)20-10-6-2/h13-14H,5-12H2,1-4H3. The Morgan fingerprint density at radius 1 is 0.773 bits per heavy atom. The number of carbonyl (C=O) groups excluding carboxylic acids is 1. The van der Waals surface area contributed by atoms with Gasteiger partial charge in [0.05, 0.1) is 13.2 Å². The normalized spacial score (nSPS) is 13.6. The topological polar surface area (TPSA) is 72.5 Å². The number of methoxy groups -OCH3 is 2. The first-order valence-electron chi connectivity index (χ1n) is 7.76. The summed E-state index contributed by atoms with van der Waals surface area (Å²) < 4.78 is 30.9. The minimum absolute atomic E-state index is 0.182. The average Bonchev–Trinajstić information content (AvgIpc) is 2.53. The van der Waals surface area contributed by atoms with E-state index >= 15 is 0 Å². The van der Waals surface area contributed by atoms with Gasteiger partial charge in [-0.15, -0.1) is 0 Å².